The van der Waals surface area contributed by atoms with Crippen molar-refractivity contribution in [3.63, 3.8) is 0 Å². The van der Waals surface area contributed by atoms with Gasteiger partial charge in [-0.25, -0.2) is 9.78 Å². The third kappa shape index (κ3) is 4.17. The summed E-state index contributed by atoms with van der Waals surface area (Å²) in [6.45, 7) is 0.0393. The Labute approximate surface area is 167 Å². The molecule has 0 saturated carbocycles. The quantitative estimate of drug-likeness (QED) is 0.426. The van der Waals surface area contributed by atoms with Crippen molar-refractivity contribution < 1.29 is 14.3 Å². The Bertz CT molecular complexity index is 961. The molecule has 2 N–H and O–H groups in total. The number of ether oxygens (including phenoxy) is 2. The smallest absolute Gasteiger partial charge is 0.340 e. The van der Waals surface area contributed by atoms with E-state index >= 15 is 0 Å². The standard InChI is InChI=1S/C18H14BrClN2O3S/c1-24-16-5-2-10(19)6-14(16)17-22-12(9-26-17)8-25-18(23)13-7-11(20)3-4-15(13)21/h2-7,9H,8,21H2,1H3. The second kappa shape index (κ2) is 8.07. The molecule has 0 aliphatic heterocycles. The SMILES string of the molecule is COc1ccc(Br)cc1-c1nc(COC(=O)c2cc(Cl)ccc2N)cs1. The number of halogens is 2. The molecule has 1 aromatic heterocycles. The molecule has 0 radical (unpaired) electrons. The Balaban J connectivity index is 1.74. The Morgan fingerprint density at radius 2 is 2.12 bits per heavy atom. The van der Waals surface area contributed by atoms with Crippen molar-refractivity contribution in [2.45, 2.75) is 6.61 Å². The Kier molecular flexibility index (Phi) is 5.80. The monoisotopic (exact) mass is 452 g/mol. The molecule has 3 aromatic rings. The van der Waals surface area contributed by atoms with Gasteiger partial charge in [0.2, 0.25) is 0 Å². The van der Waals surface area contributed by atoms with E-state index < -0.39 is 5.97 Å². The minimum absolute atomic E-state index is 0.0393. The van der Waals surface area contributed by atoms with Gasteiger partial charge < -0.3 is 15.2 Å². The number of hydrogen-bond acceptors (Lipinski definition) is 6. The van der Waals surface area contributed by atoms with E-state index in [4.69, 9.17) is 26.8 Å². The molecule has 134 valence electrons. The second-order valence-electron chi connectivity index (χ2n) is 5.30. The first-order chi connectivity index (χ1) is 12.5. The number of aromatic nitrogens is 1. The van der Waals surface area contributed by atoms with Crippen molar-refractivity contribution in [1.82, 2.24) is 4.98 Å². The van der Waals surface area contributed by atoms with Gasteiger partial charge in [-0.05, 0) is 36.4 Å². The lowest BCUT2D eigenvalue weighted by molar-refractivity contribution is 0.0470. The molecule has 0 amide bonds. The topological polar surface area (TPSA) is 74.4 Å². The Morgan fingerprint density at radius 3 is 2.88 bits per heavy atom. The maximum atomic E-state index is 12.2. The van der Waals surface area contributed by atoms with Gasteiger partial charge >= 0.3 is 5.97 Å². The van der Waals surface area contributed by atoms with Gasteiger partial charge in [0.05, 0.1) is 23.9 Å². The van der Waals surface area contributed by atoms with Crippen molar-refractivity contribution in [3.8, 4) is 16.3 Å². The summed E-state index contributed by atoms with van der Waals surface area (Å²) in [5, 5.41) is 3.03. The Hall–Kier alpha value is -2.09. The van der Waals surface area contributed by atoms with Crippen LogP contribution in [0.15, 0.2) is 46.3 Å². The third-order valence-electron chi connectivity index (χ3n) is 3.53. The first-order valence-corrected chi connectivity index (χ1v) is 9.53. The molecular formula is C18H14BrClN2O3S. The predicted molar refractivity (Wildman–Crippen MR) is 107 cm³/mol. The van der Waals surface area contributed by atoms with E-state index in [2.05, 4.69) is 20.9 Å². The lowest BCUT2D eigenvalue weighted by Gasteiger charge is -2.07. The van der Waals surface area contributed by atoms with Crippen molar-refractivity contribution >= 4 is 50.5 Å². The van der Waals surface area contributed by atoms with Crippen LogP contribution in [0.3, 0.4) is 0 Å². The molecular weight excluding hydrogens is 440 g/mol. The number of nitrogen functional groups attached to an aromatic ring is 1. The minimum Gasteiger partial charge on any atom is -0.496 e. The molecule has 1 heterocycles. The summed E-state index contributed by atoms with van der Waals surface area (Å²) >= 11 is 10.8. The fourth-order valence-electron chi connectivity index (χ4n) is 2.27. The van der Waals surface area contributed by atoms with Crippen LogP contribution in [0.5, 0.6) is 5.75 Å². The molecule has 0 aliphatic carbocycles. The van der Waals surface area contributed by atoms with Crippen molar-refractivity contribution in [2.24, 2.45) is 0 Å². The van der Waals surface area contributed by atoms with E-state index in [0.29, 0.717) is 16.4 Å². The highest BCUT2D eigenvalue weighted by Crippen LogP contribution is 2.34. The van der Waals surface area contributed by atoms with E-state index in [9.17, 15) is 4.79 Å². The normalized spacial score (nSPS) is 10.6. The summed E-state index contributed by atoms with van der Waals surface area (Å²) in [6.07, 6.45) is 0. The minimum atomic E-state index is -0.542. The maximum absolute atomic E-state index is 12.2. The number of carbonyl (C=O) groups is 1. The van der Waals surface area contributed by atoms with Crippen LogP contribution < -0.4 is 10.5 Å². The summed E-state index contributed by atoms with van der Waals surface area (Å²) in [5.41, 5.74) is 7.85. The molecule has 3 rings (SSSR count). The van der Waals surface area contributed by atoms with Crippen LogP contribution in [-0.4, -0.2) is 18.1 Å². The van der Waals surface area contributed by atoms with Crippen LogP contribution in [0.2, 0.25) is 5.02 Å². The van der Waals surface area contributed by atoms with Crippen LogP contribution in [0.4, 0.5) is 5.69 Å². The highest BCUT2D eigenvalue weighted by atomic mass is 79.9. The number of benzene rings is 2. The van der Waals surface area contributed by atoms with Crippen LogP contribution >= 0.6 is 38.9 Å². The molecule has 0 spiro atoms. The zero-order valence-corrected chi connectivity index (χ0v) is 16.8. The third-order valence-corrected chi connectivity index (χ3v) is 5.18. The molecule has 0 aliphatic rings. The van der Waals surface area contributed by atoms with Crippen molar-refractivity contribution in [3.05, 3.63) is 62.5 Å². The molecule has 0 unspecified atom stereocenters. The van der Waals surface area contributed by atoms with Gasteiger partial charge in [-0.2, -0.15) is 0 Å². The lowest BCUT2D eigenvalue weighted by Crippen LogP contribution is -2.08. The number of methoxy groups -OCH3 is 1. The number of carbonyl (C=O) groups excluding carboxylic acids is 1. The number of esters is 1. The van der Waals surface area contributed by atoms with E-state index in [-0.39, 0.29) is 12.2 Å². The first-order valence-electron chi connectivity index (χ1n) is 7.48. The summed E-state index contributed by atoms with van der Waals surface area (Å²) in [7, 11) is 1.61. The van der Waals surface area contributed by atoms with E-state index in [1.54, 1.807) is 19.2 Å². The van der Waals surface area contributed by atoms with Crippen molar-refractivity contribution in [1.29, 1.82) is 0 Å². The molecule has 2 aromatic carbocycles. The van der Waals surface area contributed by atoms with Crippen LogP contribution in [0.25, 0.3) is 10.6 Å². The highest BCUT2D eigenvalue weighted by molar-refractivity contribution is 9.10. The first kappa shape index (κ1) is 18.7. The fourth-order valence-corrected chi connectivity index (χ4v) is 3.62. The van der Waals surface area contributed by atoms with Gasteiger partial charge in [0.15, 0.2) is 0 Å². The van der Waals surface area contributed by atoms with E-state index in [1.165, 1.54) is 17.4 Å². The molecule has 0 fully saturated rings. The maximum Gasteiger partial charge on any atom is 0.340 e. The molecule has 0 atom stereocenters. The van der Waals surface area contributed by atoms with E-state index in [0.717, 1.165) is 20.8 Å². The largest absolute Gasteiger partial charge is 0.496 e. The predicted octanol–water partition coefficient (Wildman–Crippen LogP) is 5.17. The fraction of sp³-hybridized carbons (Fsp3) is 0.111. The molecule has 0 bridgehead atoms. The lowest BCUT2D eigenvalue weighted by atomic mass is 10.2. The van der Waals surface area contributed by atoms with Gasteiger partial charge in [-0.3, -0.25) is 0 Å². The van der Waals surface area contributed by atoms with Crippen LogP contribution in [-0.2, 0) is 11.3 Å². The summed E-state index contributed by atoms with van der Waals surface area (Å²) in [5.74, 6) is 0.178. The van der Waals surface area contributed by atoms with Crippen LogP contribution in [0, 0.1) is 0 Å². The number of hydrogen-bond donors (Lipinski definition) is 1. The molecule has 8 heteroatoms. The number of anilines is 1. The average molecular weight is 454 g/mol. The number of rotatable bonds is 5. The van der Waals surface area contributed by atoms with Gasteiger partial charge in [-0.15, -0.1) is 11.3 Å². The van der Waals surface area contributed by atoms with E-state index in [1.807, 2.05) is 23.6 Å². The summed E-state index contributed by atoms with van der Waals surface area (Å²) in [6, 6.07) is 10.4. The average Bonchev–Trinajstić information content (AvgIpc) is 3.10. The number of nitrogens with two attached hydrogens (primary N) is 1. The molecule has 0 saturated heterocycles. The summed E-state index contributed by atoms with van der Waals surface area (Å²) < 4.78 is 11.6. The molecule has 26 heavy (non-hydrogen) atoms. The van der Waals surface area contributed by atoms with Gasteiger partial charge in [0.25, 0.3) is 0 Å². The van der Waals surface area contributed by atoms with Gasteiger partial charge in [0, 0.05) is 20.6 Å². The summed E-state index contributed by atoms with van der Waals surface area (Å²) in [4.78, 5) is 16.7. The highest BCUT2D eigenvalue weighted by Gasteiger charge is 2.15. The molecule has 5 nitrogen and oxygen atoms in total. The zero-order chi connectivity index (χ0) is 18.7. The Morgan fingerprint density at radius 1 is 1.31 bits per heavy atom. The number of thiazole rings is 1. The number of nitrogens with zero attached hydrogens (tertiary/aromatic N) is 1. The second-order valence-corrected chi connectivity index (χ2v) is 7.51. The zero-order valence-electron chi connectivity index (χ0n) is 13.7. The van der Waals surface area contributed by atoms with Gasteiger partial charge in [0.1, 0.15) is 17.4 Å². The van der Waals surface area contributed by atoms with Gasteiger partial charge in [-0.1, -0.05) is 27.5 Å². The van der Waals surface area contributed by atoms with Crippen molar-refractivity contribution in [2.75, 3.05) is 12.8 Å². The van der Waals surface area contributed by atoms with Crippen LogP contribution in [0.1, 0.15) is 16.1 Å².